The van der Waals surface area contributed by atoms with E-state index in [1.807, 2.05) is 20.8 Å². The van der Waals surface area contributed by atoms with E-state index < -0.39 is 17.0 Å². The molecule has 1 atom stereocenters. The Bertz CT molecular complexity index is 448. The first-order valence-electron chi connectivity index (χ1n) is 9.14. The van der Waals surface area contributed by atoms with Gasteiger partial charge in [-0.3, -0.25) is 4.79 Å². The van der Waals surface area contributed by atoms with Crippen molar-refractivity contribution >= 4 is 11.9 Å². The molecule has 0 amide bonds. The second kappa shape index (κ2) is 6.82. The molecule has 0 heterocycles. The van der Waals surface area contributed by atoms with Gasteiger partial charge in [-0.2, -0.15) is 0 Å². The highest BCUT2D eigenvalue weighted by molar-refractivity contribution is 5.80. The van der Waals surface area contributed by atoms with Crippen LogP contribution in [0.4, 0.5) is 0 Å². The number of hydrogen-bond donors (Lipinski definition) is 0. The first-order valence-corrected chi connectivity index (χ1v) is 9.14. The first kappa shape index (κ1) is 18.3. The molecule has 4 heteroatoms. The molecule has 2 rings (SSSR count). The fraction of sp³-hybridized carbons (Fsp3) is 0.895. The molecule has 0 aliphatic heterocycles. The van der Waals surface area contributed by atoms with Crippen LogP contribution < -0.4 is 0 Å². The van der Waals surface area contributed by atoms with Gasteiger partial charge in [0.2, 0.25) is 0 Å². The third kappa shape index (κ3) is 3.72. The molecule has 132 valence electrons. The van der Waals surface area contributed by atoms with Crippen molar-refractivity contribution in [3.63, 3.8) is 0 Å². The molecule has 0 aromatic carbocycles. The van der Waals surface area contributed by atoms with Crippen molar-refractivity contribution in [3.8, 4) is 0 Å². The Hall–Kier alpha value is -1.06. The standard InChI is InChI=1S/C19H32O4/c1-5-17(2,3)16(21)22-14-15(20)23-18(4)10-6-7-11-19(18)12-8-9-13-19/h5-14H2,1-4H3. The van der Waals surface area contributed by atoms with Gasteiger partial charge in [-0.05, 0) is 59.3 Å². The summed E-state index contributed by atoms with van der Waals surface area (Å²) in [5, 5.41) is 0. The first-order chi connectivity index (χ1) is 10.7. The minimum Gasteiger partial charge on any atom is -0.456 e. The van der Waals surface area contributed by atoms with Crippen molar-refractivity contribution in [2.75, 3.05) is 6.61 Å². The number of rotatable bonds is 5. The van der Waals surface area contributed by atoms with Crippen LogP contribution in [0.25, 0.3) is 0 Å². The number of carbonyl (C=O) groups is 2. The van der Waals surface area contributed by atoms with E-state index in [9.17, 15) is 9.59 Å². The average molecular weight is 324 g/mol. The predicted molar refractivity (Wildman–Crippen MR) is 88.9 cm³/mol. The van der Waals surface area contributed by atoms with Crippen LogP contribution in [0.5, 0.6) is 0 Å². The van der Waals surface area contributed by atoms with Gasteiger partial charge in [0, 0.05) is 5.41 Å². The third-order valence-electron chi connectivity index (χ3n) is 6.34. The topological polar surface area (TPSA) is 52.6 Å². The van der Waals surface area contributed by atoms with Gasteiger partial charge >= 0.3 is 11.9 Å². The highest BCUT2D eigenvalue weighted by atomic mass is 16.6. The monoisotopic (exact) mass is 324 g/mol. The Morgan fingerprint density at radius 2 is 1.52 bits per heavy atom. The van der Waals surface area contributed by atoms with E-state index in [1.54, 1.807) is 0 Å². The summed E-state index contributed by atoms with van der Waals surface area (Å²) >= 11 is 0. The highest BCUT2D eigenvalue weighted by Gasteiger charge is 2.53. The maximum Gasteiger partial charge on any atom is 0.344 e. The number of hydrogen-bond acceptors (Lipinski definition) is 4. The predicted octanol–water partition coefficient (Wildman–Crippen LogP) is 4.40. The van der Waals surface area contributed by atoms with Crippen molar-refractivity contribution in [2.45, 2.75) is 91.1 Å². The van der Waals surface area contributed by atoms with Gasteiger partial charge in [-0.15, -0.1) is 0 Å². The Morgan fingerprint density at radius 3 is 2.04 bits per heavy atom. The lowest BCUT2D eigenvalue weighted by Crippen LogP contribution is -2.50. The maximum absolute atomic E-state index is 12.3. The van der Waals surface area contributed by atoms with Crippen LogP contribution in [0.15, 0.2) is 0 Å². The molecule has 2 fully saturated rings. The van der Waals surface area contributed by atoms with Crippen molar-refractivity contribution < 1.29 is 19.1 Å². The largest absolute Gasteiger partial charge is 0.456 e. The van der Waals surface area contributed by atoms with Crippen molar-refractivity contribution in [1.82, 2.24) is 0 Å². The molecule has 0 radical (unpaired) electrons. The third-order valence-corrected chi connectivity index (χ3v) is 6.34. The van der Waals surface area contributed by atoms with E-state index >= 15 is 0 Å². The van der Waals surface area contributed by atoms with Crippen LogP contribution >= 0.6 is 0 Å². The summed E-state index contributed by atoms with van der Waals surface area (Å²) in [6.45, 7) is 7.42. The molecule has 23 heavy (non-hydrogen) atoms. The summed E-state index contributed by atoms with van der Waals surface area (Å²) in [7, 11) is 0. The molecule has 0 aromatic rings. The zero-order valence-electron chi connectivity index (χ0n) is 15.2. The smallest absolute Gasteiger partial charge is 0.344 e. The van der Waals surface area contributed by atoms with E-state index in [0.717, 1.165) is 32.1 Å². The summed E-state index contributed by atoms with van der Waals surface area (Å²) < 4.78 is 11.1. The lowest BCUT2D eigenvalue weighted by atomic mass is 9.62. The summed E-state index contributed by atoms with van der Waals surface area (Å²) in [6.07, 6.45) is 9.85. The Labute approximate surface area is 140 Å². The van der Waals surface area contributed by atoms with Crippen LogP contribution in [-0.4, -0.2) is 24.1 Å². The SMILES string of the molecule is CCC(C)(C)C(=O)OCC(=O)OC1(C)CCCCC12CCCC2. The number of carbonyl (C=O) groups excluding carboxylic acids is 2. The molecule has 2 aliphatic rings. The quantitative estimate of drug-likeness (QED) is 0.703. The van der Waals surface area contributed by atoms with Crippen LogP contribution in [0, 0.1) is 10.8 Å². The highest BCUT2D eigenvalue weighted by Crippen LogP contribution is 2.56. The van der Waals surface area contributed by atoms with E-state index in [0.29, 0.717) is 6.42 Å². The Balaban J connectivity index is 1.94. The zero-order chi connectivity index (χ0) is 17.1. The van der Waals surface area contributed by atoms with Gasteiger partial charge in [0.1, 0.15) is 5.60 Å². The van der Waals surface area contributed by atoms with E-state index in [2.05, 4.69) is 6.92 Å². The van der Waals surface area contributed by atoms with Gasteiger partial charge in [0.15, 0.2) is 6.61 Å². The fourth-order valence-corrected chi connectivity index (χ4v) is 4.19. The second-order valence-corrected chi connectivity index (χ2v) is 8.21. The molecule has 2 saturated carbocycles. The van der Waals surface area contributed by atoms with Crippen molar-refractivity contribution in [3.05, 3.63) is 0 Å². The maximum atomic E-state index is 12.3. The van der Waals surface area contributed by atoms with Gasteiger partial charge < -0.3 is 9.47 Å². The molecule has 0 bridgehead atoms. The summed E-state index contributed by atoms with van der Waals surface area (Å²) in [5.74, 6) is -0.734. The summed E-state index contributed by atoms with van der Waals surface area (Å²) in [5.41, 5.74) is -0.805. The van der Waals surface area contributed by atoms with Crippen molar-refractivity contribution in [1.29, 1.82) is 0 Å². The molecule has 0 saturated heterocycles. The minimum absolute atomic E-state index is 0.146. The molecule has 0 N–H and O–H groups in total. The van der Waals surface area contributed by atoms with Crippen LogP contribution in [0.3, 0.4) is 0 Å². The van der Waals surface area contributed by atoms with Crippen LogP contribution in [-0.2, 0) is 19.1 Å². The summed E-state index contributed by atoms with van der Waals surface area (Å²) in [4.78, 5) is 24.3. The van der Waals surface area contributed by atoms with E-state index in [-0.39, 0.29) is 18.0 Å². The molecular weight excluding hydrogens is 292 g/mol. The van der Waals surface area contributed by atoms with Crippen LogP contribution in [0.1, 0.15) is 85.5 Å². The molecular formula is C19H32O4. The van der Waals surface area contributed by atoms with E-state index in [4.69, 9.17) is 9.47 Å². The zero-order valence-corrected chi connectivity index (χ0v) is 15.2. The number of esters is 2. The normalized spacial score (nSPS) is 27.0. The number of ether oxygens (including phenoxy) is 2. The molecule has 4 nitrogen and oxygen atoms in total. The van der Waals surface area contributed by atoms with E-state index in [1.165, 1.54) is 19.3 Å². The van der Waals surface area contributed by atoms with Gasteiger partial charge in [-0.25, -0.2) is 4.79 Å². The minimum atomic E-state index is -0.554. The lowest BCUT2D eigenvalue weighted by molar-refractivity contribution is -0.189. The molecule has 2 aliphatic carbocycles. The molecule has 0 aromatic heterocycles. The van der Waals surface area contributed by atoms with Crippen LogP contribution in [0.2, 0.25) is 0 Å². The Morgan fingerprint density at radius 1 is 1.00 bits per heavy atom. The Kier molecular flexibility index (Phi) is 5.42. The second-order valence-electron chi connectivity index (χ2n) is 8.21. The fourth-order valence-electron chi connectivity index (χ4n) is 4.19. The molecule has 1 unspecified atom stereocenters. The van der Waals surface area contributed by atoms with Gasteiger partial charge in [0.25, 0.3) is 0 Å². The molecule has 1 spiro atoms. The van der Waals surface area contributed by atoms with Gasteiger partial charge in [0.05, 0.1) is 5.41 Å². The van der Waals surface area contributed by atoms with Gasteiger partial charge in [-0.1, -0.05) is 26.2 Å². The van der Waals surface area contributed by atoms with Crippen molar-refractivity contribution in [2.24, 2.45) is 10.8 Å². The summed E-state index contributed by atoms with van der Waals surface area (Å²) in [6, 6.07) is 0. The lowest BCUT2D eigenvalue weighted by Gasteiger charge is -2.49. The average Bonchev–Trinajstić information content (AvgIpc) is 2.98.